The highest BCUT2D eigenvalue weighted by atomic mass is 32.2. The SMILES string of the molecule is CCOC(=O)CC1CN(S(=O)(=O)c2cc3ccc(C(=N)N)cc3[nH]2)CCN1C(=O)c1nc2c(s1)CNC(C)C2. The van der Waals surface area contributed by atoms with Crippen molar-refractivity contribution in [2.75, 3.05) is 26.2 Å². The lowest BCUT2D eigenvalue weighted by Gasteiger charge is -2.39. The number of aromatic amines is 1. The normalized spacial score (nSPS) is 20.1. The van der Waals surface area contributed by atoms with E-state index in [4.69, 9.17) is 15.9 Å². The predicted octanol–water partition coefficient (Wildman–Crippen LogP) is 1.41. The van der Waals surface area contributed by atoms with Gasteiger partial charge >= 0.3 is 5.97 Å². The number of H-pyrrole nitrogens is 1. The van der Waals surface area contributed by atoms with Crippen LogP contribution in [0, 0.1) is 5.41 Å². The first-order valence-electron chi connectivity index (χ1n) is 12.7. The number of fused-ring (bicyclic) bond motifs is 2. The number of nitrogens with one attached hydrogen (secondary N) is 3. The molecule has 1 aromatic carbocycles. The summed E-state index contributed by atoms with van der Waals surface area (Å²) in [6.07, 6.45) is 0.597. The smallest absolute Gasteiger partial charge is 0.307 e. The van der Waals surface area contributed by atoms with Gasteiger partial charge < -0.3 is 25.7 Å². The molecule has 2 unspecified atom stereocenters. The average molecular weight is 574 g/mol. The van der Waals surface area contributed by atoms with E-state index < -0.39 is 22.0 Å². The highest BCUT2D eigenvalue weighted by molar-refractivity contribution is 7.89. The van der Waals surface area contributed by atoms with Crippen molar-refractivity contribution in [2.24, 2.45) is 5.73 Å². The third kappa shape index (κ3) is 5.41. The van der Waals surface area contributed by atoms with Crippen molar-refractivity contribution in [3.8, 4) is 0 Å². The summed E-state index contributed by atoms with van der Waals surface area (Å²) in [5, 5.41) is 12.0. The molecule has 2 aromatic heterocycles. The van der Waals surface area contributed by atoms with Gasteiger partial charge in [0, 0.05) is 60.0 Å². The van der Waals surface area contributed by atoms with Crippen LogP contribution >= 0.6 is 11.3 Å². The first-order valence-corrected chi connectivity index (χ1v) is 15.0. The maximum Gasteiger partial charge on any atom is 0.307 e. The van der Waals surface area contributed by atoms with Crippen molar-refractivity contribution < 1.29 is 22.7 Å². The molecule has 2 atom stereocenters. The molecule has 0 saturated carbocycles. The first kappa shape index (κ1) is 27.2. The number of amides is 1. The molecule has 1 fully saturated rings. The van der Waals surface area contributed by atoms with Gasteiger partial charge in [0.2, 0.25) is 0 Å². The van der Waals surface area contributed by atoms with Gasteiger partial charge in [-0.05, 0) is 26.0 Å². The molecule has 39 heavy (non-hydrogen) atoms. The maximum absolute atomic E-state index is 13.6. The Balaban J connectivity index is 1.40. The average Bonchev–Trinajstić information content (AvgIpc) is 3.52. The van der Waals surface area contributed by atoms with Crippen LogP contribution in [0.3, 0.4) is 0 Å². The molecule has 12 nitrogen and oxygen atoms in total. The zero-order valence-corrected chi connectivity index (χ0v) is 23.3. The molecule has 3 aromatic rings. The lowest BCUT2D eigenvalue weighted by atomic mass is 10.1. The predicted molar refractivity (Wildman–Crippen MR) is 146 cm³/mol. The molecule has 0 spiro atoms. The highest BCUT2D eigenvalue weighted by Gasteiger charge is 2.39. The second kappa shape index (κ2) is 10.7. The molecule has 5 rings (SSSR count). The van der Waals surface area contributed by atoms with E-state index in [9.17, 15) is 18.0 Å². The number of thiazole rings is 1. The van der Waals surface area contributed by atoms with Gasteiger partial charge in [-0.15, -0.1) is 11.3 Å². The summed E-state index contributed by atoms with van der Waals surface area (Å²) in [6, 6.07) is 6.06. The molecule has 14 heteroatoms. The Hall–Kier alpha value is -3.33. The highest BCUT2D eigenvalue weighted by Crippen LogP contribution is 2.29. The van der Waals surface area contributed by atoms with Gasteiger partial charge in [0.05, 0.1) is 24.8 Å². The van der Waals surface area contributed by atoms with Crippen molar-refractivity contribution in [1.29, 1.82) is 5.41 Å². The van der Waals surface area contributed by atoms with Gasteiger partial charge in [-0.1, -0.05) is 12.1 Å². The first-order chi connectivity index (χ1) is 18.6. The molecular weight excluding hydrogens is 542 g/mol. The molecule has 0 bridgehead atoms. The quantitative estimate of drug-likeness (QED) is 0.186. The number of nitrogens with zero attached hydrogens (tertiary/aromatic N) is 3. The molecule has 1 amide bonds. The lowest BCUT2D eigenvalue weighted by molar-refractivity contribution is -0.144. The standard InChI is InChI=1S/C25H31N7O5S2/c1-3-37-22(33)11-17-13-31(39(35,36)21-10-15-4-5-16(23(26)27)9-18(15)29-21)6-7-32(17)25(34)24-30-19-8-14(2)28-12-20(19)38-24/h4-5,9-10,14,17,28-29H,3,6-8,11-13H2,1-2H3,(H3,26,27). The van der Waals surface area contributed by atoms with Crippen LogP contribution in [-0.2, 0) is 32.5 Å². The number of aromatic nitrogens is 2. The van der Waals surface area contributed by atoms with Crippen molar-refractivity contribution >= 4 is 50.0 Å². The minimum Gasteiger partial charge on any atom is -0.466 e. The largest absolute Gasteiger partial charge is 0.466 e. The van der Waals surface area contributed by atoms with E-state index in [1.807, 2.05) is 0 Å². The van der Waals surface area contributed by atoms with Gasteiger partial charge in [0.15, 0.2) is 5.01 Å². The van der Waals surface area contributed by atoms with E-state index in [2.05, 4.69) is 22.2 Å². The van der Waals surface area contributed by atoms with E-state index in [0.717, 1.165) is 17.0 Å². The van der Waals surface area contributed by atoms with Crippen LogP contribution in [0.15, 0.2) is 29.3 Å². The minimum absolute atomic E-state index is 0.0120. The number of rotatable bonds is 7. The topological polar surface area (TPSA) is 175 Å². The third-order valence-electron chi connectivity index (χ3n) is 7.01. The number of nitrogen functional groups attached to an aromatic ring is 1. The number of esters is 1. The van der Waals surface area contributed by atoms with E-state index in [1.54, 1.807) is 30.0 Å². The number of ether oxygens (including phenoxy) is 1. The van der Waals surface area contributed by atoms with E-state index in [1.165, 1.54) is 21.7 Å². The summed E-state index contributed by atoms with van der Waals surface area (Å²) in [7, 11) is -3.98. The zero-order valence-electron chi connectivity index (χ0n) is 21.7. The monoisotopic (exact) mass is 573 g/mol. The van der Waals surface area contributed by atoms with Gasteiger partial charge in [-0.2, -0.15) is 4.31 Å². The zero-order chi connectivity index (χ0) is 27.9. The molecule has 5 N–H and O–H groups in total. The van der Waals surface area contributed by atoms with E-state index in [-0.39, 0.29) is 55.5 Å². The number of benzene rings is 1. The molecule has 0 radical (unpaired) electrons. The molecule has 2 aliphatic heterocycles. The Morgan fingerprint density at radius 2 is 2.08 bits per heavy atom. The van der Waals surface area contributed by atoms with Crippen LogP contribution < -0.4 is 11.1 Å². The number of carbonyl (C=O) groups is 2. The van der Waals surface area contributed by atoms with Crippen molar-refractivity contribution in [3.63, 3.8) is 0 Å². The Morgan fingerprint density at radius 1 is 1.28 bits per heavy atom. The van der Waals surface area contributed by atoms with E-state index in [0.29, 0.717) is 28.0 Å². The lowest BCUT2D eigenvalue weighted by Crippen LogP contribution is -2.57. The Morgan fingerprint density at radius 3 is 2.82 bits per heavy atom. The summed E-state index contributed by atoms with van der Waals surface area (Å²) in [4.78, 5) is 36.1. The van der Waals surface area contributed by atoms with Crippen molar-refractivity contribution in [1.82, 2.24) is 24.5 Å². The number of carbonyl (C=O) groups excluding carboxylic acids is 2. The fourth-order valence-electron chi connectivity index (χ4n) is 4.97. The molecule has 4 heterocycles. The van der Waals surface area contributed by atoms with Crippen LogP contribution in [0.25, 0.3) is 10.9 Å². The summed E-state index contributed by atoms with van der Waals surface area (Å²) in [5.41, 5.74) is 7.49. The van der Waals surface area contributed by atoms with Gasteiger partial charge in [-0.3, -0.25) is 15.0 Å². The fraction of sp³-hybridized carbons (Fsp3) is 0.440. The van der Waals surface area contributed by atoms with Crippen LogP contribution in [0.2, 0.25) is 0 Å². The molecule has 208 valence electrons. The maximum atomic E-state index is 13.6. The Bertz CT molecular complexity index is 1550. The number of amidine groups is 1. The van der Waals surface area contributed by atoms with Crippen LogP contribution in [-0.4, -0.2) is 83.6 Å². The van der Waals surface area contributed by atoms with Crippen LogP contribution in [0.5, 0.6) is 0 Å². The summed E-state index contributed by atoms with van der Waals surface area (Å²) in [5.74, 6) is -0.931. The Labute approximate surface area is 230 Å². The molecule has 1 saturated heterocycles. The van der Waals surface area contributed by atoms with Crippen molar-refractivity contribution in [3.05, 3.63) is 45.4 Å². The number of piperazine rings is 1. The van der Waals surface area contributed by atoms with Crippen molar-refractivity contribution in [2.45, 2.75) is 50.3 Å². The van der Waals surface area contributed by atoms with Crippen LogP contribution in [0.4, 0.5) is 0 Å². The minimum atomic E-state index is -3.98. The number of hydrogen-bond donors (Lipinski definition) is 4. The second-order valence-corrected chi connectivity index (χ2v) is 12.7. The number of hydrogen-bond acceptors (Lipinski definition) is 9. The summed E-state index contributed by atoms with van der Waals surface area (Å²) >= 11 is 1.34. The van der Waals surface area contributed by atoms with Gasteiger partial charge in [0.25, 0.3) is 15.9 Å². The Kier molecular flexibility index (Phi) is 7.46. The summed E-state index contributed by atoms with van der Waals surface area (Å²) < 4.78 is 33.7. The molecule has 0 aliphatic carbocycles. The number of nitrogens with two attached hydrogens (primary N) is 1. The number of sulfonamides is 1. The second-order valence-electron chi connectivity index (χ2n) is 9.75. The third-order valence-corrected chi connectivity index (χ3v) is 9.89. The van der Waals surface area contributed by atoms with E-state index >= 15 is 0 Å². The van der Waals surface area contributed by atoms with Gasteiger partial charge in [0.1, 0.15) is 10.9 Å². The molecular formula is C25H31N7O5S2. The molecule has 2 aliphatic rings. The van der Waals surface area contributed by atoms with Gasteiger partial charge in [-0.25, -0.2) is 13.4 Å². The summed E-state index contributed by atoms with van der Waals surface area (Å²) in [6.45, 7) is 4.70. The fourth-order valence-corrected chi connectivity index (χ4v) is 7.45. The van der Waals surface area contributed by atoms with Crippen LogP contribution in [0.1, 0.15) is 46.2 Å².